The zero-order chi connectivity index (χ0) is 26.0. The molecule has 4 aromatic rings. The highest BCUT2D eigenvalue weighted by molar-refractivity contribution is 7.99. The van der Waals surface area contributed by atoms with Gasteiger partial charge in [0.25, 0.3) is 5.56 Å². The predicted octanol–water partition coefficient (Wildman–Crippen LogP) is 6.69. The first kappa shape index (κ1) is 24.3. The number of para-hydroxylation sites is 1. The standard InChI is InChI=1S/C30H32ClN5OS/c1-19-26(28(37)36(34(19)2)23-8-4-3-5-9-23)35-27(24-10-6-7-11-25(24)31)32-33-29(35)38-18-30-15-20-12-21(16-30)14-22(13-20)17-30/h3-11,20-22H,12-18H2,1-2H3. The molecule has 0 N–H and O–H groups in total. The molecule has 0 saturated heterocycles. The van der Waals surface area contributed by atoms with E-state index >= 15 is 0 Å². The summed E-state index contributed by atoms with van der Waals surface area (Å²) in [5.74, 6) is 4.32. The van der Waals surface area contributed by atoms with Gasteiger partial charge < -0.3 is 0 Å². The third kappa shape index (κ3) is 3.89. The van der Waals surface area contributed by atoms with Gasteiger partial charge in [-0.05, 0) is 92.9 Å². The summed E-state index contributed by atoms with van der Waals surface area (Å²) < 4.78 is 5.59. The van der Waals surface area contributed by atoms with Crippen molar-refractivity contribution in [1.82, 2.24) is 24.1 Å². The number of benzene rings is 2. The van der Waals surface area contributed by atoms with Gasteiger partial charge >= 0.3 is 0 Å². The van der Waals surface area contributed by atoms with Crippen molar-refractivity contribution in [3.05, 3.63) is 75.7 Å². The van der Waals surface area contributed by atoms with Gasteiger partial charge in [-0.3, -0.25) is 14.0 Å². The Kier molecular flexibility index (Phi) is 5.85. The lowest BCUT2D eigenvalue weighted by atomic mass is 9.50. The van der Waals surface area contributed by atoms with Gasteiger partial charge in [0, 0.05) is 18.4 Å². The van der Waals surface area contributed by atoms with Crippen LogP contribution in [0.2, 0.25) is 5.02 Å². The second-order valence-electron chi connectivity index (χ2n) is 11.7. The van der Waals surface area contributed by atoms with Gasteiger partial charge in [0.1, 0.15) is 5.69 Å². The van der Waals surface area contributed by atoms with E-state index < -0.39 is 0 Å². The lowest BCUT2D eigenvalue weighted by Crippen LogP contribution is -2.47. The molecule has 8 heteroatoms. The molecule has 0 radical (unpaired) electrons. The molecule has 0 unspecified atom stereocenters. The van der Waals surface area contributed by atoms with Crippen LogP contribution >= 0.6 is 23.4 Å². The summed E-state index contributed by atoms with van der Waals surface area (Å²) in [5, 5.41) is 10.7. The van der Waals surface area contributed by atoms with E-state index in [2.05, 4.69) is 10.2 Å². The minimum Gasteiger partial charge on any atom is -0.283 e. The van der Waals surface area contributed by atoms with Crippen LogP contribution in [-0.4, -0.2) is 29.9 Å². The molecule has 6 nitrogen and oxygen atoms in total. The number of hydrogen-bond acceptors (Lipinski definition) is 4. The van der Waals surface area contributed by atoms with E-state index in [1.54, 1.807) is 16.4 Å². The zero-order valence-corrected chi connectivity index (χ0v) is 23.4. The fraction of sp³-hybridized carbons (Fsp3) is 0.433. The number of rotatable bonds is 6. The third-order valence-corrected chi connectivity index (χ3v) is 10.8. The highest BCUT2D eigenvalue weighted by Crippen LogP contribution is 2.61. The molecule has 4 bridgehead atoms. The van der Waals surface area contributed by atoms with Gasteiger partial charge in [-0.25, -0.2) is 4.68 Å². The molecule has 2 heterocycles. The molecular formula is C30H32ClN5OS. The number of thioether (sulfide) groups is 1. The molecule has 4 aliphatic carbocycles. The molecule has 0 aliphatic heterocycles. The lowest BCUT2D eigenvalue weighted by molar-refractivity contribution is -0.0381. The van der Waals surface area contributed by atoms with Crippen molar-refractivity contribution in [3.63, 3.8) is 0 Å². The number of nitrogens with zero attached hydrogens (tertiary/aromatic N) is 5. The highest BCUT2D eigenvalue weighted by Gasteiger charge is 2.50. The van der Waals surface area contributed by atoms with Crippen molar-refractivity contribution in [2.75, 3.05) is 5.75 Å². The number of aromatic nitrogens is 5. The van der Waals surface area contributed by atoms with E-state index in [9.17, 15) is 4.79 Å². The molecule has 2 aromatic carbocycles. The molecule has 8 rings (SSSR count). The summed E-state index contributed by atoms with van der Waals surface area (Å²) in [7, 11) is 1.93. The molecule has 4 saturated carbocycles. The van der Waals surface area contributed by atoms with Crippen LogP contribution in [-0.2, 0) is 7.05 Å². The zero-order valence-electron chi connectivity index (χ0n) is 21.8. The Bertz CT molecular complexity index is 1530. The Morgan fingerprint density at radius 1 is 0.947 bits per heavy atom. The summed E-state index contributed by atoms with van der Waals surface area (Å²) in [6.45, 7) is 1.99. The van der Waals surface area contributed by atoms with Crippen molar-refractivity contribution in [2.24, 2.45) is 30.2 Å². The van der Waals surface area contributed by atoms with Crippen LogP contribution in [0, 0.1) is 30.1 Å². The van der Waals surface area contributed by atoms with E-state index in [1.807, 2.05) is 77.8 Å². The van der Waals surface area contributed by atoms with Crippen LogP contribution < -0.4 is 5.56 Å². The van der Waals surface area contributed by atoms with E-state index in [0.29, 0.717) is 21.9 Å². The minimum absolute atomic E-state index is 0.0963. The summed E-state index contributed by atoms with van der Waals surface area (Å²) in [4.78, 5) is 14.1. The maximum Gasteiger partial charge on any atom is 0.296 e. The maximum absolute atomic E-state index is 14.1. The fourth-order valence-corrected chi connectivity index (χ4v) is 9.29. The van der Waals surface area contributed by atoms with Gasteiger partial charge in [-0.15, -0.1) is 10.2 Å². The van der Waals surface area contributed by atoms with E-state index in [-0.39, 0.29) is 5.56 Å². The van der Waals surface area contributed by atoms with Crippen LogP contribution in [0.25, 0.3) is 22.8 Å². The average Bonchev–Trinajstić information content (AvgIpc) is 3.40. The SMILES string of the molecule is Cc1c(-n2c(SCC34CC5CC(CC(C5)C3)C4)nnc2-c2ccccc2Cl)c(=O)n(-c2ccccc2)n1C. The van der Waals surface area contributed by atoms with Gasteiger partial charge in [-0.2, -0.15) is 0 Å². The molecule has 0 atom stereocenters. The predicted molar refractivity (Wildman–Crippen MR) is 152 cm³/mol. The van der Waals surface area contributed by atoms with Crippen LogP contribution in [0.5, 0.6) is 0 Å². The minimum atomic E-state index is -0.0963. The molecule has 38 heavy (non-hydrogen) atoms. The molecule has 2 aromatic heterocycles. The molecular weight excluding hydrogens is 514 g/mol. The normalized spacial score (nSPS) is 25.8. The van der Waals surface area contributed by atoms with Crippen molar-refractivity contribution < 1.29 is 0 Å². The van der Waals surface area contributed by atoms with Crippen LogP contribution in [0.1, 0.15) is 44.2 Å². The van der Waals surface area contributed by atoms with Crippen molar-refractivity contribution in [1.29, 1.82) is 0 Å². The summed E-state index contributed by atoms with van der Waals surface area (Å²) in [5.41, 5.74) is 3.31. The van der Waals surface area contributed by atoms with Crippen molar-refractivity contribution in [2.45, 2.75) is 50.6 Å². The van der Waals surface area contributed by atoms with E-state index in [4.69, 9.17) is 11.6 Å². The molecule has 196 valence electrons. The summed E-state index contributed by atoms with van der Waals surface area (Å²) in [6.07, 6.45) is 8.30. The number of halogens is 1. The van der Waals surface area contributed by atoms with Crippen LogP contribution in [0.3, 0.4) is 0 Å². The topological polar surface area (TPSA) is 57.6 Å². The first-order valence-electron chi connectivity index (χ1n) is 13.6. The number of hydrogen-bond donors (Lipinski definition) is 0. The molecule has 4 fully saturated rings. The van der Waals surface area contributed by atoms with Gasteiger partial charge in [-0.1, -0.05) is 53.7 Å². The second kappa shape index (κ2) is 9.16. The monoisotopic (exact) mass is 545 g/mol. The highest BCUT2D eigenvalue weighted by atomic mass is 35.5. The Morgan fingerprint density at radius 2 is 1.58 bits per heavy atom. The first-order chi connectivity index (χ1) is 18.4. The smallest absolute Gasteiger partial charge is 0.283 e. The largest absolute Gasteiger partial charge is 0.296 e. The van der Waals surface area contributed by atoms with Crippen molar-refractivity contribution >= 4 is 23.4 Å². The van der Waals surface area contributed by atoms with Crippen LogP contribution in [0.4, 0.5) is 0 Å². The second-order valence-corrected chi connectivity index (χ2v) is 13.1. The Labute approximate surface area is 232 Å². The molecule has 0 spiro atoms. The maximum atomic E-state index is 14.1. The van der Waals surface area contributed by atoms with Crippen molar-refractivity contribution in [3.8, 4) is 22.8 Å². The summed E-state index contributed by atoms with van der Waals surface area (Å²) in [6, 6.07) is 17.4. The van der Waals surface area contributed by atoms with E-state index in [0.717, 1.165) is 45.6 Å². The third-order valence-electron chi connectivity index (χ3n) is 9.17. The van der Waals surface area contributed by atoms with Gasteiger partial charge in [0.15, 0.2) is 11.0 Å². The van der Waals surface area contributed by atoms with E-state index in [1.165, 1.54) is 38.5 Å². The Balaban J connectivity index is 1.34. The van der Waals surface area contributed by atoms with Crippen LogP contribution in [0.15, 0.2) is 64.5 Å². The fourth-order valence-electron chi connectivity index (χ4n) is 7.88. The Hall–Kier alpha value is -2.77. The average molecular weight is 546 g/mol. The first-order valence-corrected chi connectivity index (χ1v) is 15.0. The van der Waals surface area contributed by atoms with Gasteiger partial charge in [0.2, 0.25) is 0 Å². The summed E-state index contributed by atoms with van der Waals surface area (Å²) >= 11 is 8.42. The molecule has 4 aliphatic rings. The molecule has 0 amide bonds. The lowest BCUT2D eigenvalue weighted by Gasteiger charge is -2.56. The van der Waals surface area contributed by atoms with Gasteiger partial charge in [0.05, 0.1) is 16.4 Å². The quantitative estimate of drug-likeness (QED) is 0.253. The Morgan fingerprint density at radius 3 is 2.24 bits per heavy atom.